The fraction of sp³-hybridized carbons (Fsp3) is 0.321. The van der Waals surface area contributed by atoms with E-state index in [0.717, 1.165) is 11.1 Å². The number of rotatable bonds is 5. The Bertz CT molecular complexity index is 1240. The van der Waals surface area contributed by atoms with Crippen LogP contribution in [0.25, 0.3) is 0 Å². The Kier molecular flexibility index (Phi) is 6.04. The standard InChI is InChI=1S/C28H29N3O5/c1-27(22-6-4-3-5-7-22)28(36-26(34)31(27)19-20-8-11-23(32)12-9-20)14-16-30(17-15-28)25(33)21-10-13-24(35-2)29-18-21/h3-13,18,32H,14-17,19H2,1-2H3. The van der Waals surface area contributed by atoms with Gasteiger partial charge in [0, 0.05) is 38.2 Å². The van der Waals surface area contributed by atoms with Gasteiger partial charge in [0.05, 0.1) is 19.2 Å². The number of carbonyl (C=O) groups excluding carboxylic acids is 2. The Balaban J connectivity index is 1.43. The monoisotopic (exact) mass is 487 g/mol. The first-order valence-corrected chi connectivity index (χ1v) is 12.0. The molecule has 5 rings (SSSR count). The minimum absolute atomic E-state index is 0.105. The van der Waals surface area contributed by atoms with Crippen LogP contribution >= 0.6 is 0 Å². The van der Waals surface area contributed by atoms with Crippen molar-refractivity contribution in [3.8, 4) is 11.6 Å². The zero-order valence-electron chi connectivity index (χ0n) is 20.4. The third kappa shape index (κ3) is 3.92. The third-order valence-electron chi connectivity index (χ3n) is 7.59. The quantitative estimate of drug-likeness (QED) is 0.576. The van der Waals surface area contributed by atoms with Crippen molar-refractivity contribution in [2.45, 2.75) is 37.5 Å². The van der Waals surface area contributed by atoms with Crippen molar-refractivity contribution in [3.63, 3.8) is 0 Å². The van der Waals surface area contributed by atoms with Gasteiger partial charge in [-0.3, -0.25) is 9.69 Å². The lowest BCUT2D eigenvalue weighted by Gasteiger charge is -2.48. The molecule has 0 bridgehead atoms. The van der Waals surface area contributed by atoms with Crippen molar-refractivity contribution in [1.29, 1.82) is 0 Å². The molecule has 36 heavy (non-hydrogen) atoms. The molecule has 0 saturated carbocycles. The zero-order valence-corrected chi connectivity index (χ0v) is 20.4. The van der Waals surface area contributed by atoms with Crippen LogP contribution in [-0.2, 0) is 16.8 Å². The van der Waals surface area contributed by atoms with Gasteiger partial charge >= 0.3 is 6.09 Å². The van der Waals surface area contributed by atoms with Crippen LogP contribution in [0.15, 0.2) is 72.9 Å². The van der Waals surface area contributed by atoms with Crippen molar-refractivity contribution in [3.05, 3.63) is 89.6 Å². The van der Waals surface area contributed by atoms with Gasteiger partial charge in [-0.25, -0.2) is 9.78 Å². The van der Waals surface area contributed by atoms with E-state index in [0.29, 0.717) is 43.9 Å². The fourth-order valence-corrected chi connectivity index (χ4v) is 5.41. The van der Waals surface area contributed by atoms with E-state index >= 15 is 0 Å². The summed E-state index contributed by atoms with van der Waals surface area (Å²) in [6.07, 6.45) is 2.15. The summed E-state index contributed by atoms with van der Waals surface area (Å²) in [4.78, 5) is 34.2. The molecule has 2 fully saturated rings. The second kappa shape index (κ2) is 9.18. The molecule has 1 N–H and O–H groups in total. The van der Waals surface area contributed by atoms with Crippen LogP contribution in [0.4, 0.5) is 4.79 Å². The summed E-state index contributed by atoms with van der Waals surface area (Å²) < 4.78 is 11.3. The molecule has 2 saturated heterocycles. The molecular weight excluding hydrogens is 458 g/mol. The number of hydrogen-bond acceptors (Lipinski definition) is 6. The number of aromatic hydroxyl groups is 1. The molecule has 1 spiro atoms. The van der Waals surface area contributed by atoms with E-state index in [4.69, 9.17) is 9.47 Å². The van der Waals surface area contributed by atoms with Crippen molar-refractivity contribution >= 4 is 12.0 Å². The van der Waals surface area contributed by atoms with Crippen LogP contribution in [-0.4, -0.2) is 57.7 Å². The number of methoxy groups -OCH3 is 1. The van der Waals surface area contributed by atoms with E-state index in [1.165, 1.54) is 13.3 Å². The smallest absolute Gasteiger partial charge is 0.411 e. The molecule has 8 heteroatoms. The van der Waals surface area contributed by atoms with Gasteiger partial charge in [-0.05, 0) is 36.2 Å². The van der Waals surface area contributed by atoms with Crippen LogP contribution in [0, 0.1) is 0 Å². The highest BCUT2D eigenvalue weighted by Gasteiger charge is 2.63. The molecule has 3 aromatic rings. The lowest BCUT2D eigenvalue weighted by atomic mass is 9.70. The second-order valence-electron chi connectivity index (χ2n) is 9.43. The van der Waals surface area contributed by atoms with Crippen LogP contribution in [0.2, 0.25) is 0 Å². The number of piperidine rings is 1. The first kappa shape index (κ1) is 23.7. The summed E-state index contributed by atoms with van der Waals surface area (Å²) in [5.74, 6) is 0.523. The van der Waals surface area contributed by atoms with Gasteiger partial charge in [0.1, 0.15) is 16.9 Å². The number of ether oxygens (including phenoxy) is 2. The number of hydrogen-bond donors (Lipinski definition) is 1. The van der Waals surface area contributed by atoms with E-state index in [1.807, 2.05) is 42.5 Å². The van der Waals surface area contributed by atoms with E-state index in [2.05, 4.69) is 11.9 Å². The van der Waals surface area contributed by atoms with Crippen LogP contribution < -0.4 is 4.74 Å². The predicted octanol–water partition coefficient (Wildman–Crippen LogP) is 4.34. The summed E-state index contributed by atoms with van der Waals surface area (Å²) >= 11 is 0. The van der Waals surface area contributed by atoms with Gasteiger partial charge in [0.25, 0.3) is 5.91 Å². The molecule has 8 nitrogen and oxygen atoms in total. The molecule has 2 aliphatic heterocycles. The van der Waals surface area contributed by atoms with Crippen molar-refractivity contribution in [2.75, 3.05) is 20.2 Å². The first-order valence-electron chi connectivity index (χ1n) is 12.0. The van der Waals surface area contributed by atoms with Crippen LogP contribution in [0.5, 0.6) is 11.6 Å². The Labute approximate surface area is 210 Å². The van der Waals surface area contributed by atoms with Gasteiger partial charge in [-0.2, -0.15) is 0 Å². The number of nitrogens with zero attached hydrogens (tertiary/aromatic N) is 3. The maximum absolute atomic E-state index is 13.4. The highest BCUT2D eigenvalue weighted by Crippen LogP contribution is 2.52. The summed E-state index contributed by atoms with van der Waals surface area (Å²) in [6, 6.07) is 20.2. The number of phenols is 1. The molecule has 1 unspecified atom stereocenters. The molecule has 2 aliphatic rings. The number of pyridine rings is 1. The lowest BCUT2D eigenvalue weighted by Crippen LogP contribution is -2.58. The molecule has 0 radical (unpaired) electrons. The van der Waals surface area contributed by atoms with Crippen molar-refractivity contribution in [2.24, 2.45) is 0 Å². The maximum Gasteiger partial charge on any atom is 0.411 e. The summed E-state index contributed by atoms with van der Waals surface area (Å²) in [6.45, 7) is 3.30. The van der Waals surface area contributed by atoms with E-state index < -0.39 is 11.1 Å². The normalized spacial score (nSPS) is 20.9. The molecule has 2 amide bonds. The lowest BCUT2D eigenvalue weighted by molar-refractivity contribution is -0.0551. The number of likely N-dealkylation sites (tertiary alicyclic amines) is 1. The van der Waals surface area contributed by atoms with E-state index in [1.54, 1.807) is 34.1 Å². The third-order valence-corrected chi connectivity index (χ3v) is 7.59. The van der Waals surface area contributed by atoms with Crippen LogP contribution in [0.1, 0.15) is 41.3 Å². The summed E-state index contributed by atoms with van der Waals surface area (Å²) in [7, 11) is 1.53. The van der Waals surface area contributed by atoms with E-state index in [9.17, 15) is 14.7 Å². The molecule has 186 valence electrons. The molecule has 0 aliphatic carbocycles. The number of aromatic nitrogens is 1. The highest BCUT2D eigenvalue weighted by atomic mass is 16.6. The SMILES string of the molecule is COc1ccc(C(=O)N2CCC3(CC2)OC(=O)N(Cc2ccc(O)cc2)C3(C)c2ccccc2)cn1. The Morgan fingerprint density at radius 3 is 2.36 bits per heavy atom. The van der Waals surface area contributed by atoms with Gasteiger partial charge in [0.15, 0.2) is 0 Å². The number of carbonyl (C=O) groups is 2. The first-order chi connectivity index (χ1) is 17.4. The number of benzene rings is 2. The molecular formula is C28H29N3O5. The fourth-order valence-electron chi connectivity index (χ4n) is 5.41. The number of amides is 2. The molecule has 1 aromatic heterocycles. The summed E-state index contributed by atoms with van der Waals surface area (Å²) in [5.41, 5.74) is 0.824. The molecule has 3 heterocycles. The largest absolute Gasteiger partial charge is 0.508 e. The van der Waals surface area contributed by atoms with Crippen molar-refractivity contribution in [1.82, 2.24) is 14.8 Å². The minimum Gasteiger partial charge on any atom is -0.508 e. The Morgan fingerprint density at radius 1 is 1.06 bits per heavy atom. The minimum atomic E-state index is -0.794. The predicted molar refractivity (Wildman–Crippen MR) is 133 cm³/mol. The van der Waals surface area contributed by atoms with Gasteiger partial charge in [0.2, 0.25) is 5.88 Å². The van der Waals surface area contributed by atoms with Gasteiger partial charge < -0.3 is 19.5 Å². The number of phenolic OH excluding ortho intramolecular Hbond substituents is 1. The Morgan fingerprint density at radius 2 is 1.75 bits per heavy atom. The van der Waals surface area contributed by atoms with E-state index in [-0.39, 0.29) is 17.7 Å². The van der Waals surface area contributed by atoms with Crippen LogP contribution in [0.3, 0.4) is 0 Å². The topological polar surface area (TPSA) is 92.2 Å². The average Bonchev–Trinajstić information content (AvgIpc) is 3.12. The second-order valence-corrected chi connectivity index (χ2v) is 9.43. The van der Waals surface area contributed by atoms with Gasteiger partial charge in [-0.15, -0.1) is 0 Å². The van der Waals surface area contributed by atoms with Gasteiger partial charge in [-0.1, -0.05) is 42.5 Å². The average molecular weight is 488 g/mol. The highest BCUT2D eigenvalue weighted by molar-refractivity contribution is 5.94. The Hall–Kier alpha value is -4.07. The molecule has 2 aromatic carbocycles. The molecule has 1 atom stereocenters. The maximum atomic E-state index is 13.4. The van der Waals surface area contributed by atoms with Crippen molar-refractivity contribution < 1.29 is 24.2 Å². The zero-order chi connectivity index (χ0) is 25.3. The summed E-state index contributed by atoms with van der Waals surface area (Å²) in [5, 5.41) is 9.68.